The molecule has 0 spiro atoms. The highest BCUT2D eigenvalue weighted by atomic mass is 15.4. The molecule has 2 aromatic heterocycles. The number of hydrogen-bond acceptors (Lipinski definition) is 4. The Morgan fingerprint density at radius 3 is 2.68 bits per heavy atom. The zero-order chi connectivity index (χ0) is 13.8. The SMILES string of the molecule is CC(C)NCc1ccnn1Cc1ncnn1C(C)C. The van der Waals surface area contributed by atoms with Gasteiger partial charge in [0.2, 0.25) is 0 Å². The van der Waals surface area contributed by atoms with Crippen LogP contribution in [0.3, 0.4) is 0 Å². The monoisotopic (exact) mass is 262 g/mol. The van der Waals surface area contributed by atoms with Crippen molar-refractivity contribution in [2.45, 2.75) is 52.9 Å². The standard InChI is InChI=1S/C13H22N6/c1-10(2)14-7-12-5-6-16-18(12)8-13-15-9-17-19(13)11(3)4/h5-6,9-11,14H,7-8H2,1-4H3. The van der Waals surface area contributed by atoms with Gasteiger partial charge in [-0.25, -0.2) is 9.67 Å². The Morgan fingerprint density at radius 2 is 2.00 bits per heavy atom. The molecule has 0 aliphatic rings. The van der Waals surface area contributed by atoms with Gasteiger partial charge in [0.15, 0.2) is 0 Å². The molecule has 0 atom stereocenters. The van der Waals surface area contributed by atoms with Gasteiger partial charge in [0.25, 0.3) is 0 Å². The molecule has 0 amide bonds. The van der Waals surface area contributed by atoms with Gasteiger partial charge in [-0.1, -0.05) is 13.8 Å². The quantitative estimate of drug-likeness (QED) is 0.859. The Bertz CT molecular complexity index is 511. The van der Waals surface area contributed by atoms with Crippen LogP contribution in [0.5, 0.6) is 0 Å². The van der Waals surface area contributed by atoms with Crippen LogP contribution in [0.1, 0.15) is 45.3 Å². The van der Waals surface area contributed by atoms with Crippen LogP contribution in [0.4, 0.5) is 0 Å². The first-order valence-electron chi connectivity index (χ1n) is 6.70. The van der Waals surface area contributed by atoms with Gasteiger partial charge in [0.05, 0.1) is 5.69 Å². The van der Waals surface area contributed by atoms with Gasteiger partial charge in [-0.2, -0.15) is 10.2 Å². The predicted octanol–water partition coefficient (Wildman–Crippen LogP) is 1.60. The van der Waals surface area contributed by atoms with E-state index in [9.17, 15) is 0 Å². The average molecular weight is 262 g/mol. The van der Waals surface area contributed by atoms with E-state index < -0.39 is 0 Å². The third-order valence-electron chi connectivity index (χ3n) is 2.92. The topological polar surface area (TPSA) is 60.6 Å². The van der Waals surface area contributed by atoms with E-state index in [0.29, 0.717) is 18.6 Å². The van der Waals surface area contributed by atoms with Crippen LogP contribution in [0, 0.1) is 0 Å². The van der Waals surface area contributed by atoms with Gasteiger partial charge in [0, 0.05) is 24.8 Å². The molecular formula is C13H22N6. The minimum Gasteiger partial charge on any atom is -0.309 e. The zero-order valence-corrected chi connectivity index (χ0v) is 12.0. The second-order valence-corrected chi connectivity index (χ2v) is 5.23. The molecule has 0 fully saturated rings. The Labute approximate surface area is 113 Å². The lowest BCUT2D eigenvalue weighted by atomic mass is 10.3. The van der Waals surface area contributed by atoms with Crippen molar-refractivity contribution in [3.8, 4) is 0 Å². The summed E-state index contributed by atoms with van der Waals surface area (Å²) in [5.41, 5.74) is 1.16. The van der Waals surface area contributed by atoms with Gasteiger partial charge in [0.1, 0.15) is 18.7 Å². The lowest BCUT2D eigenvalue weighted by molar-refractivity contribution is 0.478. The van der Waals surface area contributed by atoms with Crippen LogP contribution in [0.25, 0.3) is 0 Å². The normalized spacial score (nSPS) is 11.7. The number of nitrogens with one attached hydrogen (secondary N) is 1. The molecule has 0 aliphatic heterocycles. The van der Waals surface area contributed by atoms with Crippen molar-refractivity contribution in [3.05, 3.63) is 30.1 Å². The molecule has 104 valence electrons. The summed E-state index contributed by atoms with van der Waals surface area (Å²) >= 11 is 0. The predicted molar refractivity (Wildman–Crippen MR) is 73.7 cm³/mol. The molecule has 0 aromatic carbocycles. The summed E-state index contributed by atoms with van der Waals surface area (Å²) in [5.74, 6) is 0.935. The van der Waals surface area contributed by atoms with E-state index in [2.05, 4.69) is 48.2 Å². The van der Waals surface area contributed by atoms with E-state index in [0.717, 1.165) is 18.1 Å². The molecule has 6 heteroatoms. The van der Waals surface area contributed by atoms with E-state index >= 15 is 0 Å². The Morgan fingerprint density at radius 1 is 1.21 bits per heavy atom. The summed E-state index contributed by atoms with van der Waals surface area (Å²) in [6.45, 7) is 9.94. The molecule has 2 rings (SSSR count). The molecule has 0 unspecified atom stereocenters. The van der Waals surface area contributed by atoms with Crippen molar-refractivity contribution in [2.75, 3.05) is 0 Å². The zero-order valence-electron chi connectivity index (χ0n) is 12.0. The molecule has 0 saturated heterocycles. The van der Waals surface area contributed by atoms with E-state index in [1.54, 1.807) is 6.33 Å². The number of rotatable bonds is 6. The van der Waals surface area contributed by atoms with E-state index in [4.69, 9.17) is 0 Å². The largest absolute Gasteiger partial charge is 0.309 e. The maximum atomic E-state index is 4.37. The van der Waals surface area contributed by atoms with Crippen molar-refractivity contribution in [2.24, 2.45) is 0 Å². The lowest BCUT2D eigenvalue weighted by Gasteiger charge is -2.12. The number of nitrogens with zero attached hydrogens (tertiary/aromatic N) is 5. The molecular weight excluding hydrogens is 240 g/mol. The fraction of sp³-hybridized carbons (Fsp3) is 0.615. The van der Waals surface area contributed by atoms with Gasteiger partial charge in [-0.15, -0.1) is 0 Å². The summed E-state index contributed by atoms with van der Waals surface area (Å²) in [4.78, 5) is 4.32. The van der Waals surface area contributed by atoms with Crippen LogP contribution in [-0.4, -0.2) is 30.6 Å². The fourth-order valence-corrected chi connectivity index (χ4v) is 1.91. The molecule has 2 heterocycles. The van der Waals surface area contributed by atoms with E-state index in [-0.39, 0.29) is 0 Å². The minimum atomic E-state index is 0.310. The molecule has 0 bridgehead atoms. The molecule has 0 aliphatic carbocycles. The Kier molecular flexibility index (Phi) is 4.31. The van der Waals surface area contributed by atoms with E-state index in [1.165, 1.54) is 0 Å². The first-order chi connectivity index (χ1) is 9.08. The first kappa shape index (κ1) is 13.7. The first-order valence-corrected chi connectivity index (χ1v) is 6.70. The molecule has 0 saturated carbocycles. The summed E-state index contributed by atoms with van der Waals surface area (Å²) in [5, 5.41) is 12.0. The highest BCUT2D eigenvalue weighted by Crippen LogP contribution is 2.08. The fourth-order valence-electron chi connectivity index (χ4n) is 1.91. The third-order valence-corrected chi connectivity index (χ3v) is 2.92. The molecule has 0 radical (unpaired) electrons. The summed E-state index contributed by atoms with van der Waals surface area (Å²) < 4.78 is 3.90. The third kappa shape index (κ3) is 3.41. The molecule has 6 nitrogen and oxygen atoms in total. The maximum absolute atomic E-state index is 4.37. The second kappa shape index (κ2) is 5.97. The minimum absolute atomic E-state index is 0.310. The molecule has 19 heavy (non-hydrogen) atoms. The highest BCUT2D eigenvalue weighted by molar-refractivity contribution is 5.02. The average Bonchev–Trinajstić information content (AvgIpc) is 2.96. The summed E-state index contributed by atoms with van der Waals surface area (Å²) in [6.07, 6.45) is 3.43. The van der Waals surface area contributed by atoms with Gasteiger partial charge < -0.3 is 5.32 Å². The Balaban J connectivity index is 2.10. The van der Waals surface area contributed by atoms with Crippen molar-refractivity contribution in [3.63, 3.8) is 0 Å². The van der Waals surface area contributed by atoms with E-state index in [1.807, 2.05) is 21.6 Å². The van der Waals surface area contributed by atoms with Crippen LogP contribution < -0.4 is 5.32 Å². The Hall–Kier alpha value is -1.69. The van der Waals surface area contributed by atoms with Crippen LogP contribution in [0.2, 0.25) is 0 Å². The summed E-state index contributed by atoms with van der Waals surface area (Å²) in [6, 6.07) is 2.80. The second-order valence-electron chi connectivity index (χ2n) is 5.23. The van der Waals surface area contributed by atoms with Gasteiger partial charge in [-0.05, 0) is 19.9 Å². The molecule has 1 N–H and O–H groups in total. The van der Waals surface area contributed by atoms with Crippen molar-refractivity contribution in [1.29, 1.82) is 0 Å². The van der Waals surface area contributed by atoms with Crippen molar-refractivity contribution >= 4 is 0 Å². The smallest absolute Gasteiger partial charge is 0.148 e. The van der Waals surface area contributed by atoms with Crippen LogP contribution in [-0.2, 0) is 13.1 Å². The van der Waals surface area contributed by atoms with Gasteiger partial charge >= 0.3 is 0 Å². The van der Waals surface area contributed by atoms with Gasteiger partial charge in [-0.3, -0.25) is 4.68 Å². The summed E-state index contributed by atoms with van der Waals surface area (Å²) in [7, 11) is 0. The van der Waals surface area contributed by atoms with Crippen molar-refractivity contribution < 1.29 is 0 Å². The van der Waals surface area contributed by atoms with Crippen LogP contribution in [0.15, 0.2) is 18.6 Å². The lowest BCUT2D eigenvalue weighted by Crippen LogP contribution is -2.24. The highest BCUT2D eigenvalue weighted by Gasteiger charge is 2.10. The molecule has 2 aromatic rings. The van der Waals surface area contributed by atoms with Crippen molar-refractivity contribution in [1.82, 2.24) is 29.9 Å². The number of hydrogen-bond donors (Lipinski definition) is 1. The maximum Gasteiger partial charge on any atom is 0.148 e. The number of aromatic nitrogens is 5. The van der Waals surface area contributed by atoms with Crippen LogP contribution >= 0.6 is 0 Å².